The topological polar surface area (TPSA) is 76.9 Å². The molecule has 0 aromatic heterocycles. The van der Waals surface area contributed by atoms with Crippen molar-refractivity contribution in [2.24, 2.45) is 0 Å². The zero-order valence-electron chi connectivity index (χ0n) is 17.5. The number of benzene rings is 2. The molecule has 3 amide bonds. The van der Waals surface area contributed by atoms with Crippen LogP contribution in [0.25, 0.3) is 0 Å². The summed E-state index contributed by atoms with van der Waals surface area (Å²) in [6, 6.07) is 14.9. The Hall–Kier alpha value is -3.24. The van der Waals surface area contributed by atoms with Crippen molar-refractivity contribution in [1.29, 1.82) is 5.26 Å². The van der Waals surface area contributed by atoms with Crippen molar-refractivity contribution in [3.63, 3.8) is 0 Å². The van der Waals surface area contributed by atoms with Crippen LogP contribution in [0.5, 0.6) is 0 Å². The maximum absolute atomic E-state index is 13.2. The molecule has 0 N–H and O–H groups in total. The van der Waals surface area contributed by atoms with Crippen molar-refractivity contribution in [3.05, 3.63) is 64.2 Å². The predicted octanol–water partition coefficient (Wildman–Crippen LogP) is 4.17. The lowest BCUT2D eigenvalue weighted by atomic mass is 9.98. The molecule has 0 unspecified atom stereocenters. The average Bonchev–Trinajstić information content (AvgIpc) is 3.04. The van der Waals surface area contributed by atoms with Crippen LogP contribution in [0.15, 0.2) is 42.5 Å². The van der Waals surface area contributed by atoms with E-state index >= 15 is 0 Å². The molecule has 2 fully saturated rings. The molecule has 2 aromatic rings. The van der Waals surface area contributed by atoms with E-state index in [1.54, 1.807) is 33.8 Å². The fraction of sp³-hybridized carbons (Fsp3) is 0.348. The number of halogens is 1. The van der Waals surface area contributed by atoms with Crippen LogP contribution in [-0.2, 0) is 11.3 Å². The summed E-state index contributed by atoms with van der Waals surface area (Å²) in [7, 11) is 0. The van der Waals surface area contributed by atoms with Gasteiger partial charge in [0.2, 0.25) is 0 Å². The molecule has 0 bridgehead atoms. The number of hydrogen-bond donors (Lipinski definition) is 0. The average molecular weight is 439 g/mol. The van der Waals surface area contributed by atoms with Crippen molar-refractivity contribution >= 4 is 29.4 Å². The molecule has 1 atom stereocenters. The van der Waals surface area contributed by atoms with Crippen LogP contribution < -0.4 is 4.90 Å². The standard InChI is InChI=1S/C23H23ClN4O3/c1-16-19(9-8-18(12-25)20(16)24)27-15-23(2)14-26(10-11-28(23)21(27)29)22(30)31-13-17-6-4-3-5-7-17/h3-9H,10-11,13-15H2,1-2H3/t23-/m0/s1. The molecule has 0 aliphatic carbocycles. The molecule has 0 saturated carbocycles. The number of nitriles is 1. The molecule has 7 nitrogen and oxygen atoms in total. The second-order valence-corrected chi connectivity index (χ2v) is 8.54. The second kappa shape index (κ2) is 8.12. The molecule has 2 heterocycles. The summed E-state index contributed by atoms with van der Waals surface area (Å²) in [5, 5.41) is 9.54. The van der Waals surface area contributed by atoms with Crippen LogP contribution in [0.4, 0.5) is 15.3 Å². The molecule has 4 rings (SSSR count). The molecular formula is C23H23ClN4O3. The van der Waals surface area contributed by atoms with Gasteiger partial charge in [-0.2, -0.15) is 5.26 Å². The lowest BCUT2D eigenvalue weighted by molar-refractivity contribution is 0.0414. The Bertz CT molecular complexity index is 1070. The maximum Gasteiger partial charge on any atom is 0.410 e. The van der Waals surface area contributed by atoms with Gasteiger partial charge in [-0.3, -0.25) is 4.90 Å². The van der Waals surface area contributed by atoms with Gasteiger partial charge in [0.25, 0.3) is 0 Å². The molecule has 0 radical (unpaired) electrons. The highest BCUT2D eigenvalue weighted by atomic mass is 35.5. The molecule has 2 aliphatic rings. The summed E-state index contributed by atoms with van der Waals surface area (Å²) < 4.78 is 5.48. The van der Waals surface area contributed by atoms with Gasteiger partial charge in [0.05, 0.1) is 22.7 Å². The van der Waals surface area contributed by atoms with Gasteiger partial charge in [-0.25, -0.2) is 9.59 Å². The Kier molecular flexibility index (Phi) is 5.50. The lowest BCUT2D eigenvalue weighted by Gasteiger charge is -2.42. The highest BCUT2D eigenvalue weighted by Crippen LogP contribution is 2.37. The third-order valence-electron chi connectivity index (χ3n) is 5.97. The summed E-state index contributed by atoms with van der Waals surface area (Å²) in [4.78, 5) is 31.0. The van der Waals surface area contributed by atoms with Gasteiger partial charge in [0, 0.05) is 25.3 Å². The fourth-order valence-corrected chi connectivity index (χ4v) is 4.49. The van der Waals surface area contributed by atoms with E-state index in [2.05, 4.69) is 6.07 Å². The molecule has 0 spiro atoms. The van der Waals surface area contributed by atoms with Crippen molar-refractivity contribution in [2.45, 2.75) is 26.0 Å². The number of carbonyl (C=O) groups is 2. The van der Waals surface area contributed by atoms with Crippen molar-refractivity contribution < 1.29 is 14.3 Å². The third-order valence-corrected chi connectivity index (χ3v) is 6.46. The predicted molar refractivity (Wildman–Crippen MR) is 117 cm³/mol. The van der Waals surface area contributed by atoms with Gasteiger partial charge in [-0.15, -0.1) is 0 Å². The normalized spacial score (nSPS) is 20.5. The Balaban J connectivity index is 1.48. The van der Waals surface area contributed by atoms with E-state index in [1.165, 1.54) is 0 Å². The minimum Gasteiger partial charge on any atom is -0.445 e. The van der Waals surface area contributed by atoms with Crippen molar-refractivity contribution in [1.82, 2.24) is 9.80 Å². The van der Waals surface area contributed by atoms with E-state index in [4.69, 9.17) is 16.3 Å². The van der Waals surface area contributed by atoms with Crippen LogP contribution in [0, 0.1) is 18.3 Å². The van der Waals surface area contributed by atoms with Gasteiger partial charge < -0.3 is 14.5 Å². The summed E-state index contributed by atoms with van der Waals surface area (Å²) in [6.45, 7) is 5.62. The van der Waals surface area contributed by atoms with Crippen LogP contribution in [0.1, 0.15) is 23.6 Å². The molecule has 2 saturated heterocycles. The number of rotatable bonds is 3. The van der Waals surface area contributed by atoms with Crippen LogP contribution in [0.3, 0.4) is 0 Å². The minimum atomic E-state index is -0.548. The number of nitrogens with zero attached hydrogens (tertiary/aromatic N) is 4. The zero-order valence-corrected chi connectivity index (χ0v) is 18.2. The number of ether oxygens (including phenoxy) is 1. The van der Waals surface area contributed by atoms with E-state index in [-0.39, 0.29) is 18.7 Å². The van der Waals surface area contributed by atoms with Crippen LogP contribution in [0.2, 0.25) is 5.02 Å². The molecule has 2 aliphatic heterocycles. The first-order valence-corrected chi connectivity index (χ1v) is 10.5. The van der Waals surface area contributed by atoms with Gasteiger partial charge in [0.1, 0.15) is 12.7 Å². The monoisotopic (exact) mass is 438 g/mol. The van der Waals surface area contributed by atoms with E-state index in [9.17, 15) is 14.9 Å². The summed E-state index contributed by atoms with van der Waals surface area (Å²) in [5.74, 6) is 0. The Morgan fingerprint density at radius 3 is 2.65 bits per heavy atom. The molecular weight excluding hydrogens is 416 g/mol. The largest absolute Gasteiger partial charge is 0.445 e. The number of hydrogen-bond acceptors (Lipinski definition) is 4. The van der Waals surface area contributed by atoms with Crippen molar-refractivity contribution in [2.75, 3.05) is 31.1 Å². The smallest absolute Gasteiger partial charge is 0.410 e. The maximum atomic E-state index is 13.2. The fourth-order valence-electron chi connectivity index (χ4n) is 4.29. The van der Waals surface area contributed by atoms with E-state index in [0.717, 1.165) is 5.56 Å². The first kappa shape index (κ1) is 21.0. The first-order chi connectivity index (χ1) is 14.8. The number of anilines is 1. The number of carbonyl (C=O) groups excluding carboxylic acids is 2. The van der Waals surface area contributed by atoms with Gasteiger partial charge in [-0.05, 0) is 37.1 Å². The van der Waals surface area contributed by atoms with E-state index < -0.39 is 5.54 Å². The van der Waals surface area contributed by atoms with Gasteiger partial charge in [-0.1, -0.05) is 41.9 Å². The molecule has 8 heteroatoms. The Labute approximate surface area is 186 Å². The summed E-state index contributed by atoms with van der Waals surface area (Å²) >= 11 is 6.32. The molecule has 31 heavy (non-hydrogen) atoms. The first-order valence-electron chi connectivity index (χ1n) is 10.1. The molecule has 2 aromatic carbocycles. The van der Waals surface area contributed by atoms with E-state index in [1.807, 2.05) is 37.3 Å². The number of fused-ring (bicyclic) bond motifs is 1. The number of urea groups is 1. The van der Waals surface area contributed by atoms with Gasteiger partial charge >= 0.3 is 12.1 Å². The van der Waals surface area contributed by atoms with Crippen LogP contribution in [-0.4, -0.2) is 53.6 Å². The van der Waals surface area contributed by atoms with Gasteiger partial charge in [0.15, 0.2) is 0 Å². The second-order valence-electron chi connectivity index (χ2n) is 8.16. The van der Waals surface area contributed by atoms with E-state index in [0.29, 0.717) is 48.0 Å². The van der Waals surface area contributed by atoms with Crippen LogP contribution >= 0.6 is 11.6 Å². The third kappa shape index (κ3) is 3.79. The quantitative estimate of drug-likeness (QED) is 0.720. The number of amides is 3. The zero-order chi connectivity index (χ0) is 22.2. The highest BCUT2D eigenvalue weighted by Gasteiger charge is 2.51. The highest BCUT2D eigenvalue weighted by molar-refractivity contribution is 6.33. The SMILES string of the molecule is Cc1c(N2C[C@]3(C)CN(C(=O)OCc4ccccc4)CCN3C2=O)ccc(C#N)c1Cl. The lowest BCUT2D eigenvalue weighted by Crippen LogP contribution is -2.60. The Morgan fingerprint density at radius 2 is 1.94 bits per heavy atom. The number of piperazine rings is 1. The summed E-state index contributed by atoms with van der Waals surface area (Å²) in [5.41, 5.74) is 2.13. The minimum absolute atomic E-state index is 0.122. The molecule has 160 valence electrons. The Morgan fingerprint density at radius 1 is 1.19 bits per heavy atom. The summed E-state index contributed by atoms with van der Waals surface area (Å²) in [6.07, 6.45) is -0.381. The van der Waals surface area contributed by atoms with Crippen molar-refractivity contribution in [3.8, 4) is 6.07 Å².